The Morgan fingerprint density at radius 3 is 3.00 bits per heavy atom. The van der Waals surface area contributed by atoms with E-state index < -0.39 is 0 Å². The molecule has 0 aliphatic carbocycles. The zero-order valence-corrected chi connectivity index (χ0v) is 8.62. The van der Waals surface area contributed by atoms with E-state index in [4.69, 9.17) is 9.47 Å². The number of hydrogen-bond acceptors (Lipinski definition) is 3. The van der Waals surface area contributed by atoms with Crippen LogP contribution in [-0.2, 0) is 15.1 Å². The molecular formula is C11H15NO2. The second-order valence-electron chi connectivity index (χ2n) is 3.72. The fraction of sp³-hybridized carbons (Fsp3) is 0.545. The average molecular weight is 193 g/mol. The number of methoxy groups -OCH3 is 1. The summed E-state index contributed by atoms with van der Waals surface area (Å²) in [6, 6.07) is 4.06. The van der Waals surface area contributed by atoms with E-state index in [1.807, 2.05) is 12.3 Å². The van der Waals surface area contributed by atoms with Crippen molar-refractivity contribution in [2.75, 3.05) is 20.3 Å². The Kier molecular flexibility index (Phi) is 2.52. The standard InChI is InChI=1S/C11H15NO2/c1-9-3-5-12-10(7-9)11(13-2)4-6-14-8-11/h3,5,7H,4,6,8H2,1-2H3. The highest BCUT2D eigenvalue weighted by molar-refractivity contribution is 5.21. The zero-order chi connectivity index (χ0) is 10.0. The van der Waals surface area contributed by atoms with Crippen molar-refractivity contribution in [3.05, 3.63) is 29.6 Å². The normalized spacial score (nSPS) is 26.7. The monoisotopic (exact) mass is 193 g/mol. The van der Waals surface area contributed by atoms with E-state index in [0.29, 0.717) is 6.61 Å². The van der Waals surface area contributed by atoms with E-state index in [-0.39, 0.29) is 5.60 Å². The molecule has 14 heavy (non-hydrogen) atoms. The van der Waals surface area contributed by atoms with E-state index in [9.17, 15) is 0 Å². The molecule has 3 nitrogen and oxygen atoms in total. The van der Waals surface area contributed by atoms with Gasteiger partial charge in [-0.15, -0.1) is 0 Å². The van der Waals surface area contributed by atoms with Gasteiger partial charge in [-0.05, 0) is 24.6 Å². The van der Waals surface area contributed by atoms with Crippen LogP contribution in [0.15, 0.2) is 18.3 Å². The predicted octanol–water partition coefficient (Wildman–Crippen LogP) is 1.65. The second-order valence-corrected chi connectivity index (χ2v) is 3.72. The van der Waals surface area contributed by atoms with Crippen LogP contribution < -0.4 is 0 Å². The van der Waals surface area contributed by atoms with E-state index >= 15 is 0 Å². The highest BCUT2D eigenvalue weighted by Crippen LogP contribution is 2.32. The third-order valence-electron chi connectivity index (χ3n) is 2.76. The molecular weight excluding hydrogens is 178 g/mol. The van der Waals surface area contributed by atoms with Gasteiger partial charge in [-0.3, -0.25) is 4.98 Å². The zero-order valence-electron chi connectivity index (χ0n) is 8.62. The van der Waals surface area contributed by atoms with Gasteiger partial charge in [-0.1, -0.05) is 0 Å². The Hall–Kier alpha value is -0.930. The molecule has 1 aromatic rings. The first-order valence-electron chi connectivity index (χ1n) is 4.83. The largest absolute Gasteiger partial charge is 0.378 e. The predicted molar refractivity (Wildman–Crippen MR) is 53.1 cm³/mol. The number of nitrogens with zero attached hydrogens (tertiary/aromatic N) is 1. The molecule has 1 aromatic heterocycles. The maximum atomic E-state index is 5.55. The molecule has 0 amide bonds. The van der Waals surface area contributed by atoms with E-state index in [0.717, 1.165) is 18.7 Å². The van der Waals surface area contributed by atoms with Crippen LogP contribution in [0.1, 0.15) is 17.7 Å². The number of aryl methyl sites for hydroxylation is 1. The Balaban J connectivity index is 2.35. The molecule has 1 saturated heterocycles. The second kappa shape index (κ2) is 3.67. The van der Waals surface area contributed by atoms with Crippen LogP contribution in [0.2, 0.25) is 0 Å². The first kappa shape index (κ1) is 9.62. The topological polar surface area (TPSA) is 31.4 Å². The summed E-state index contributed by atoms with van der Waals surface area (Å²) in [4.78, 5) is 4.36. The third kappa shape index (κ3) is 1.53. The Labute approximate surface area is 84.1 Å². The summed E-state index contributed by atoms with van der Waals surface area (Å²) in [7, 11) is 1.72. The van der Waals surface area contributed by atoms with Crippen LogP contribution in [0.3, 0.4) is 0 Å². The molecule has 0 bridgehead atoms. The van der Waals surface area contributed by atoms with Crippen LogP contribution in [0.25, 0.3) is 0 Å². The Bertz CT molecular complexity index is 319. The molecule has 1 atom stereocenters. The molecule has 1 unspecified atom stereocenters. The minimum Gasteiger partial charge on any atom is -0.378 e. The van der Waals surface area contributed by atoms with Crippen molar-refractivity contribution >= 4 is 0 Å². The smallest absolute Gasteiger partial charge is 0.135 e. The maximum Gasteiger partial charge on any atom is 0.135 e. The minimum absolute atomic E-state index is 0.313. The summed E-state index contributed by atoms with van der Waals surface area (Å²) in [6.45, 7) is 3.42. The molecule has 0 N–H and O–H groups in total. The molecule has 0 spiro atoms. The van der Waals surface area contributed by atoms with Crippen LogP contribution in [-0.4, -0.2) is 25.3 Å². The highest BCUT2D eigenvalue weighted by atomic mass is 16.5. The van der Waals surface area contributed by atoms with E-state index in [2.05, 4.69) is 18.0 Å². The van der Waals surface area contributed by atoms with Gasteiger partial charge in [0.2, 0.25) is 0 Å². The minimum atomic E-state index is -0.313. The van der Waals surface area contributed by atoms with Crippen LogP contribution in [0.5, 0.6) is 0 Å². The summed E-state index contributed by atoms with van der Waals surface area (Å²) in [5.74, 6) is 0. The molecule has 1 aliphatic rings. The molecule has 1 aliphatic heterocycles. The Morgan fingerprint density at radius 1 is 1.57 bits per heavy atom. The van der Waals surface area contributed by atoms with Crippen molar-refractivity contribution in [1.82, 2.24) is 4.98 Å². The molecule has 2 rings (SSSR count). The summed E-state index contributed by atoms with van der Waals surface area (Å²) in [5.41, 5.74) is 1.88. The van der Waals surface area contributed by atoms with Crippen molar-refractivity contribution in [2.45, 2.75) is 18.9 Å². The lowest BCUT2D eigenvalue weighted by Crippen LogP contribution is -2.29. The average Bonchev–Trinajstić information content (AvgIpc) is 2.67. The summed E-state index contributed by atoms with van der Waals surface area (Å²) < 4.78 is 10.9. The van der Waals surface area contributed by atoms with Gasteiger partial charge in [0.1, 0.15) is 5.60 Å². The molecule has 0 saturated carbocycles. The first-order chi connectivity index (χ1) is 6.77. The van der Waals surface area contributed by atoms with Gasteiger partial charge in [0.05, 0.1) is 12.3 Å². The lowest BCUT2D eigenvalue weighted by molar-refractivity contribution is -0.0246. The van der Waals surface area contributed by atoms with Crippen LogP contribution in [0, 0.1) is 6.92 Å². The molecule has 3 heteroatoms. The number of ether oxygens (including phenoxy) is 2. The van der Waals surface area contributed by atoms with Gasteiger partial charge in [-0.25, -0.2) is 0 Å². The van der Waals surface area contributed by atoms with Crippen molar-refractivity contribution in [3.8, 4) is 0 Å². The third-order valence-corrected chi connectivity index (χ3v) is 2.76. The Morgan fingerprint density at radius 2 is 2.43 bits per heavy atom. The van der Waals surface area contributed by atoms with Gasteiger partial charge in [0.15, 0.2) is 0 Å². The van der Waals surface area contributed by atoms with Crippen molar-refractivity contribution in [2.24, 2.45) is 0 Å². The molecule has 1 fully saturated rings. The fourth-order valence-corrected chi connectivity index (χ4v) is 1.80. The fourth-order valence-electron chi connectivity index (χ4n) is 1.80. The van der Waals surface area contributed by atoms with Crippen molar-refractivity contribution in [3.63, 3.8) is 0 Å². The van der Waals surface area contributed by atoms with Gasteiger partial charge in [0.25, 0.3) is 0 Å². The molecule has 2 heterocycles. The summed E-state index contributed by atoms with van der Waals surface area (Å²) in [6.07, 6.45) is 2.71. The molecule has 0 aromatic carbocycles. The van der Waals surface area contributed by atoms with Gasteiger partial charge >= 0.3 is 0 Å². The lowest BCUT2D eigenvalue weighted by atomic mass is 9.97. The van der Waals surface area contributed by atoms with Crippen LogP contribution in [0.4, 0.5) is 0 Å². The number of rotatable bonds is 2. The number of pyridine rings is 1. The number of aromatic nitrogens is 1. The lowest BCUT2D eigenvalue weighted by Gasteiger charge is -2.25. The first-order valence-corrected chi connectivity index (χ1v) is 4.83. The van der Waals surface area contributed by atoms with Gasteiger partial charge < -0.3 is 9.47 Å². The summed E-state index contributed by atoms with van der Waals surface area (Å²) >= 11 is 0. The van der Waals surface area contributed by atoms with Gasteiger partial charge in [0, 0.05) is 26.3 Å². The quantitative estimate of drug-likeness (QED) is 0.715. The molecule has 76 valence electrons. The summed E-state index contributed by atoms with van der Waals surface area (Å²) in [5, 5.41) is 0. The van der Waals surface area contributed by atoms with E-state index in [1.54, 1.807) is 7.11 Å². The van der Waals surface area contributed by atoms with Crippen molar-refractivity contribution < 1.29 is 9.47 Å². The van der Waals surface area contributed by atoms with E-state index in [1.165, 1.54) is 5.56 Å². The SMILES string of the molecule is COC1(c2cc(C)ccn2)CCOC1. The van der Waals surface area contributed by atoms with Crippen LogP contribution >= 0.6 is 0 Å². The van der Waals surface area contributed by atoms with Crippen molar-refractivity contribution in [1.29, 1.82) is 0 Å². The number of hydrogen-bond donors (Lipinski definition) is 0. The highest BCUT2D eigenvalue weighted by Gasteiger charge is 2.38. The molecule has 0 radical (unpaired) electrons. The van der Waals surface area contributed by atoms with Gasteiger partial charge in [-0.2, -0.15) is 0 Å². The maximum absolute atomic E-state index is 5.55.